The minimum atomic E-state index is 0.212. The van der Waals surface area contributed by atoms with Crippen LogP contribution in [0.15, 0.2) is 69.6 Å². The number of aryl methyl sites for hydroxylation is 1. The third-order valence-electron chi connectivity index (χ3n) is 6.01. The van der Waals surface area contributed by atoms with Gasteiger partial charge in [0, 0.05) is 34.1 Å². The molecule has 0 spiro atoms. The van der Waals surface area contributed by atoms with Gasteiger partial charge in [-0.2, -0.15) is 4.57 Å². The second kappa shape index (κ2) is 8.25. The zero-order valence-corrected chi connectivity index (χ0v) is 21.7. The SMILES string of the molecule is CN1/C(=C/C2=CC(=C/c3sc4ccc(Cl)cc4[n+]3C)/CC(C)(C)C2)Sc2ccc(Cl)cc21. The standard InChI is InChI=1S/C26H25Cl2N2S2/c1-26(2)14-16(10-24-29(3)20-12-18(27)5-7-22(20)31-24)9-17(15-26)11-25-30(4)21-13-19(28)6-8-23(21)32-25/h5-13H,14-15H2,1-4H3/q+1. The number of benzene rings is 2. The minimum absolute atomic E-state index is 0.212. The van der Waals surface area contributed by atoms with E-state index < -0.39 is 0 Å². The molecule has 0 fully saturated rings. The predicted molar refractivity (Wildman–Crippen MR) is 141 cm³/mol. The number of halogens is 2. The molecule has 5 rings (SSSR count). The maximum Gasteiger partial charge on any atom is 0.262 e. The van der Waals surface area contributed by atoms with Crippen molar-refractivity contribution in [1.82, 2.24) is 0 Å². The van der Waals surface area contributed by atoms with Gasteiger partial charge in [-0.25, -0.2) is 0 Å². The van der Waals surface area contributed by atoms with E-state index in [0.29, 0.717) is 0 Å². The monoisotopic (exact) mass is 499 g/mol. The van der Waals surface area contributed by atoms with E-state index in [4.69, 9.17) is 23.2 Å². The Morgan fingerprint density at radius 1 is 1.03 bits per heavy atom. The van der Waals surface area contributed by atoms with E-state index in [-0.39, 0.29) is 5.41 Å². The molecule has 0 saturated carbocycles. The van der Waals surface area contributed by atoms with E-state index >= 15 is 0 Å². The normalized spacial score (nSPS) is 20.3. The van der Waals surface area contributed by atoms with Crippen LogP contribution < -0.4 is 9.47 Å². The Labute approximate surface area is 207 Å². The Morgan fingerprint density at radius 2 is 1.78 bits per heavy atom. The Morgan fingerprint density at radius 3 is 2.59 bits per heavy atom. The first-order valence-corrected chi connectivity index (χ1v) is 13.0. The van der Waals surface area contributed by atoms with Gasteiger partial charge < -0.3 is 4.90 Å². The summed E-state index contributed by atoms with van der Waals surface area (Å²) in [5.41, 5.74) is 5.30. The molecule has 2 aromatic carbocycles. The Kier molecular flexibility index (Phi) is 5.69. The quantitative estimate of drug-likeness (QED) is 0.327. The first-order valence-electron chi connectivity index (χ1n) is 10.6. The average molecular weight is 501 g/mol. The molecule has 2 heterocycles. The van der Waals surface area contributed by atoms with Gasteiger partial charge in [-0.05, 0) is 65.8 Å². The van der Waals surface area contributed by atoms with Crippen molar-refractivity contribution in [3.05, 3.63) is 79.8 Å². The summed E-state index contributed by atoms with van der Waals surface area (Å²) < 4.78 is 3.50. The van der Waals surface area contributed by atoms with Gasteiger partial charge in [0.05, 0.1) is 10.7 Å². The fraction of sp³-hybridized carbons (Fsp3) is 0.269. The van der Waals surface area contributed by atoms with E-state index in [1.54, 1.807) is 0 Å². The highest BCUT2D eigenvalue weighted by Gasteiger charge is 2.28. The molecule has 0 N–H and O–H groups in total. The molecule has 0 saturated heterocycles. The van der Waals surface area contributed by atoms with Crippen LogP contribution in [0.5, 0.6) is 0 Å². The largest absolute Gasteiger partial charge is 0.338 e. The maximum atomic E-state index is 6.23. The van der Waals surface area contributed by atoms with Gasteiger partial charge in [0.1, 0.15) is 11.7 Å². The summed E-state index contributed by atoms with van der Waals surface area (Å²) in [6.45, 7) is 4.72. The summed E-state index contributed by atoms with van der Waals surface area (Å²) in [6.07, 6.45) is 9.19. The van der Waals surface area contributed by atoms with Gasteiger partial charge >= 0.3 is 0 Å². The minimum Gasteiger partial charge on any atom is -0.338 e. The molecule has 0 radical (unpaired) electrons. The van der Waals surface area contributed by atoms with E-state index in [2.05, 4.69) is 67.8 Å². The summed E-state index contributed by atoms with van der Waals surface area (Å²) in [5.74, 6) is 0. The van der Waals surface area contributed by atoms with Gasteiger partial charge in [-0.1, -0.05) is 66.2 Å². The molecule has 1 aliphatic heterocycles. The zero-order chi connectivity index (χ0) is 22.6. The molecule has 0 bridgehead atoms. The van der Waals surface area contributed by atoms with E-state index in [9.17, 15) is 0 Å². The van der Waals surface area contributed by atoms with Crippen molar-refractivity contribution in [2.24, 2.45) is 12.5 Å². The summed E-state index contributed by atoms with van der Waals surface area (Å²) in [6, 6.07) is 12.2. The molecular formula is C26H25Cl2N2S2+. The summed E-state index contributed by atoms with van der Waals surface area (Å²) in [7, 11) is 4.24. The smallest absolute Gasteiger partial charge is 0.262 e. The lowest BCUT2D eigenvalue weighted by Crippen LogP contribution is -2.29. The molecule has 0 unspecified atom stereocenters. The zero-order valence-electron chi connectivity index (χ0n) is 18.6. The van der Waals surface area contributed by atoms with Crippen LogP contribution in [0.2, 0.25) is 10.0 Å². The lowest BCUT2D eigenvalue weighted by atomic mass is 9.75. The van der Waals surface area contributed by atoms with Crippen LogP contribution in [-0.2, 0) is 7.05 Å². The molecule has 2 nitrogen and oxygen atoms in total. The molecule has 3 aromatic rings. The fourth-order valence-corrected chi connectivity index (χ4v) is 7.09. The van der Waals surface area contributed by atoms with Crippen LogP contribution in [0.4, 0.5) is 5.69 Å². The molecular weight excluding hydrogens is 475 g/mol. The van der Waals surface area contributed by atoms with Crippen molar-refractivity contribution < 1.29 is 4.57 Å². The van der Waals surface area contributed by atoms with Crippen molar-refractivity contribution in [2.75, 3.05) is 11.9 Å². The number of allylic oxidation sites excluding steroid dienone is 4. The van der Waals surface area contributed by atoms with Crippen LogP contribution in [-0.4, -0.2) is 7.05 Å². The first kappa shape index (κ1) is 22.1. The number of thioether (sulfide) groups is 1. The van der Waals surface area contributed by atoms with Crippen LogP contribution in [0.3, 0.4) is 0 Å². The number of anilines is 1. The fourth-order valence-electron chi connectivity index (χ4n) is 4.54. The Balaban J connectivity index is 1.51. The van der Waals surface area contributed by atoms with Crippen molar-refractivity contribution in [3.8, 4) is 0 Å². The van der Waals surface area contributed by atoms with Gasteiger partial charge in [-0.15, -0.1) is 0 Å². The Bertz CT molecular complexity index is 1330. The van der Waals surface area contributed by atoms with Gasteiger partial charge in [0.25, 0.3) is 5.01 Å². The first-order chi connectivity index (χ1) is 15.2. The number of aromatic nitrogens is 1. The highest BCUT2D eigenvalue weighted by Crippen LogP contribution is 2.48. The van der Waals surface area contributed by atoms with Crippen LogP contribution in [0, 0.1) is 5.41 Å². The summed E-state index contributed by atoms with van der Waals surface area (Å²) >= 11 is 16.1. The van der Waals surface area contributed by atoms with E-state index in [0.717, 1.165) is 22.9 Å². The molecule has 0 amide bonds. The number of rotatable bonds is 2. The van der Waals surface area contributed by atoms with Crippen molar-refractivity contribution in [3.63, 3.8) is 0 Å². The van der Waals surface area contributed by atoms with Crippen LogP contribution in [0.25, 0.3) is 16.3 Å². The number of fused-ring (bicyclic) bond motifs is 2. The highest BCUT2D eigenvalue weighted by molar-refractivity contribution is 8.03. The number of hydrogen-bond acceptors (Lipinski definition) is 3. The number of nitrogens with zero attached hydrogens (tertiary/aromatic N) is 2. The Hall–Kier alpha value is -1.72. The molecule has 6 heteroatoms. The predicted octanol–water partition coefficient (Wildman–Crippen LogP) is 8.25. The molecule has 1 aromatic heterocycles. The lowest BCUT2D eigenvalue weighted by Gasteiger charge is -2.30. The second-order valence-corrected chi connectivity index (χ2v) is 12.3. The number of hydrogen-bond donors (Lipinski definition) is 0. The van der Waals surface area contributed by atoms with Gasteiger partial charge in [0.2, 0.25) is 5.52 Å². The van der Waals surface area contributed by atoms with E-state index in [1.807, 2.05) is 47.4 Å². The van der Waals surface area contributed by atoms with Crippen molar-refractivity contribution in [2.45, 2.75) is 31.6 Å². The van der Waals surface area contributed by atoms with Gasteiger partial charge in [0.15, 0.2) is 0 Å². The summed E-state index contributed by atoms with van der Waals surface area (Å²) in [5, 5.41) is 4.04. The van der Waals surface area contributed by atoms with Gasteiger partial charge in [-0.3, -0.25) is 0 Å². The second-order valence-electron chi connectivity index (χ2n) is 9.32. The topological polar surface area (TPSA) is 7.12 Å². The molecule has 2 aliphatic rings. The molecule has 32 heavy (non-hydrogen) atoms. The van der Waals surface area contributed by atoms with Crippen molar-refractivity contribution in [1.29, 1.82) is 0 Å². The highest BCUT2D eigenvalue weighted by atomic mass is 35.5. The van der Waals surface area contributed by atoms with E-state index in [1.165, 1.54) is 42.0 Å². The van der Waals surface area contributed by atoms with Crippen LogP contribution in [0.1, 0.15) is 31.7 Å². The molecule has 1 aliphatic carbocycles. The van der Waals surface area contributed by atoms with Crippen LogP contribution >= 0.6 is 46.3 Å². The van der Waals surface area contributed by atoms with Crippen molar-refractivity contribution >= 4 is 68.3 Å². The molecule has 0 atom stereocenters. The summed E-state index contributed by atoms with van der Waals surface area (Å²) in [4.78, 5) is 3.50. The maximum absolute atomic E-state index is 6.23. The third-order valence-corrected chi connectivity index (χ3v) is 8.81. The third kappa shape index (κ3) is 4.26. The number of thiazole rings is 1. The average Bonchev–Trinajstić information content (AvgIpc) is 3.18. The molecule has 164 valence electrons. The lowest BCUT2D eigenvalue weighted by molar-refractivity contribution is -0.642.